The van der Waals surface area contributed by atoms with Crippen LogP contribution in [-0.2, 0) is 6.54 Å². The zero-order valence-electron chi connectivity index (χ0n) is 7.49. The van der Waals surface area contributed by atoms with Gasteiger partial charge >= 0.3 is 0 Å². The van der Waals surface area contributed by atoms with E-state index >= 15 is 0 Å². The fraction of sp³-hybridized carbons (Fsp3) is 0.500. The molecule has 13 heavy (non-hydrogen) atoms. The maximum Gasteiger partial charge on any atom is 0.267 e. The molecule has 0 spiro atoms. The van der Waals surface area contributed by atoms with E-state index in [9.17, 15) is 4.79 Å². The maximum atomic E-state index is 11.5. The molecule has 0 saturated carbocycles. The van der Waals surface area contributed by atoms with Crippen molar-refractivity contribution in [3.8, 4) is 0 Å². The average Bonchev–Trinajstić information content (AvgIpc) is 2.05. The molecule has 4 nitrogen and oxygen atoms in total. The average molecular weight is 247 g/mol. The monoisotopic (exact) mass is 246 g/mol. The Hall–Kier alpha value is -0.680. The van der Waals surface area contributed by atoms with Gasteiger partial charge in [0, 0.05) is 6.20 Å². The first-order valence-electron chi connectivity index (χ1n) is 3.92. The Morgan fingerprint density at radius 2 is 2.38 bits per heavy atom. The van der Waals surface area contributed by atoms with Crippen LogP contribution < -0.4 is 5.56 Å². The molecule has 1 heterocycles. The molecule has 1 aromatic heterocycles. The van der Waals surface area contributed by atoms with E-state index in [1.807, 2.05) is 0 Å². The van der Waals surface area contributed by atoms with Crippen molar-refractivity contribution in [2.45, 2.75) is 26.5 Å². The van der Waals surface area contributed by atoms with Crippen molar-refractivity contribution >= 4 is 15.9 Å². The summed E-state index contributed by atoms with van der Waals surface area (Å²) < 4.78 is 1.85. The second-order valence-corrected chi connectivity index (χ2v) is 3.77. The Balaban J connectivity index is 3.18. The molecule has 5 heteroatoms. The van der Waals surface area contributed by atoms with Gasteiger partial charge in [-0.2, -0.15) is 0 Å². The predicted octanol–water partition coefficient (Wildman–Crippen LogP) is 0.695. The fourth-order valence-electron chi connectivity index (χ4n) is 1.03. The van der Waals surface area contributed by atoms with Crippen LogP contribution in [0.25, 0.3) is 0 Å². The van der Waals surface area contributed by atoms with Gasteiger partial charge in [0.05, 0.1) is 12.6 Å². The number of aryl methyl sites for hydroxylation is 1. The molecule has 0 aliphatic heterocycles. The molecule has 1 rings (SSSR count). The molecule has 1 unspecified atom stereocenters. The largest absolute Gasteiger partial charge is 0.392 e. The molecule has 1 aromatic rings. The van der Waals surface area contributed by atoms with Crippen molar-refractivity contribution in [2.75, 3.05) is 0 Å². The van der Waals surface area contributed by atoms with E-state index in [4.69, 9.17) is 5.11 Å². The minimum atomic E-state index is -0.549. The Morgan fingerprint density at radius 1 is 1.77 bits per heavy atom. The van der Waals surface area contributed by atoms with Gasteiger partial charge in [0.25, 0.3) is 5.56 Å². The van der Waals surface area contributed by atoms with Crippen LogP contribution in [0.1, 0.15) is 12.7 Å². The zero-order chi connectivity index (χ0) is 10.0. The van der Waals surface area contributed by atoms with Gasteiger partial charge in [-0.25, -0.2) is 4.98 Å². The topological polar surface area (TPSA) is 55.1 Å². The van der Waals surface area contributed by atoms with Crippen molar-refractivity contribution in [2.24, 2.45) is 0 Å². The number of rotatable bonds is 2. The number of aromatic nitrogens is 2. The number of nitrogens with zero attached hydrogens (tertiary/aromatic N) is 2. The first-order chi connectivity index (χ1) is 6.02. The summed E-state index contributed by atoms with van der Waals surface area (Å²) in [5, 5.41) is 9.14. The van der Waals surface area contributed by atoms with Crippen LogP contribution in [0.2, 0.25) is 0 Å². The maximum absolute atomic E-state index is 11.5. The number of hydrogen-bond donors (Lipinski definition) is 1. The highest BCUT2D eigenvalue weighted by Crippen LogP contribution is 2.01. The molecule has 0 radical (unpaired) electrons. The van der Waals surface area contributed by atoms with Gasteiger partial charge in [0.2, 0.25) is 0 Å². The number of aliphatic hydroxyl groups excluding tert-OH is 1. The molecule has 0 aliphatic rings. The lowest BCUT2D eigenvalue weighted by Gasteiger charge is -2.10. The number of halogens is 1. The van der Waals surface area contributed by atoms with Crippen LogP contribution in [0.4, 0.5) is 0 Å². The normalized spacial score (nSPS) is 12.9. The molecule has 0 aromatic carbocycles. The molecule has 0 saturated heterocycles. The smallest absolute Gasteiger partial charge is 0.267 e. The molecule has 0 fully saturated rings. The molecule has 1 N–H and O–H groups in total. The van der Waals surface area contributed by atoms with E-state index in [1.54, 1.807) is 13.8 Å². The second kappa shape index (κ2) is 4.02. The van der Waals surface area contributed by atoms with Gasteiger partial charge in [0.15, 0.2) is 0 Å². The quantitative estimate of drug-likeness (QED) is 0.836. The third-order valence-corrected chi connectivity index (χ3v) is 2.20. The molecule has 72 valence electrons. The molecular formula is C8H11BrN2O2. The van der Waals surface area contributed by atoms with Gasteiger partial charge < -0.3 is 5.11 Å². The van der Waals surface area contributed by atoms with E-state index in [0.29, 0.717) is 10.3 Å². The van der Waals surface area contributed by atoms with Crippen LogP contribution in [-0.4, -0.2) is 20.8 Å². The highest BCUT2D eigenvalue weighted by Gasteiger charge is 2.06. The van der Waals surface area contributed by atoms with Gasteiger partial charge in [0.1, 0.15) is 10.3 Å². The Kier molecular flexibility index (Phi) is 3.22. The first-order valence-corrected chi connectivity index (χ1v) is 4.71. The lowest BCUT2D eigenvalue weighted by atomic mass is 10.4. The molecule has 0 amide bonds. The minimum absolute atomic E-state index is 0.159. The standard InChI is InChI=1S/C8H11BrN2O2/c1-5(12)4-11-6(2)10-3-7(9)8(11)13/h3,5,12H,4H2,1-2H3. The summed E-state index contributed by atoms with van der Waals surface area (Å²) in [6, 6.07) is 0. The zero-order valence-corrected chi connectivity index (χ0v) is 9.08. The van der Waals surface area contributed by atoms with Crippen LogP contribution in [0.5, 0.6) is 0 Å². The van der Waals surface area contributed by atoms with Crippen molar-refractivity contribution in [1.82, 2.24) is 9.55 Å². The third-order valence-electron chi connectivity index (χ3n) is 1.65. The number of hydrogen-bond acceptors (Lipinski definition) is 3. The summed E-state index contributed by atoms with van der Waals surface area (Å²) in [6.07, 6.45) is 0.920. The van der Waals surface area contributed by atoms with Crippen molar-refractivity contribution in [1.29, 1.82) is 0 Å². The van der Waals surface area contributed by atoms with Gasteiger partial charge in [-0.1, -0.05) is 0 Å². The minimum Gasteiger partial charge on any atom is -0.392 e. The van der Waals surface area contributed by atoms with Gasteiger partial charge in [-0.3, -0.25) is 9.36 Å². The van der Waals surface area contributed by atoms with E-state index < -0.39 is 6.10 Å². The second-order valence-electron chi connectivity index (χ2n) is 2.92. The van der Waals surface area contributed by atoms with Gasteiger partial charge in [-0.05, 0) is 29.8 Å². The number of aliphatic hydroxyl groups is 1. The van der Waals surface area contributed by atoms with Crippen molar-refractivity contribution in [3.63, 3.8) is 0 Å². The third kappa shape index (κ3) is 2.38. The van der Waals surface area contributed by atoms with Crippen molar-refractivity contribution < 1.29 is 5.11 Å². The first kappa shape index (κ1) is 10.4. The summed E-state index contributed by atoms with van der Waals surface area (Å²) in [7, 11) is 0. The highest BCUT2D eigenvalue weighted by molar-refractivity contribution is 9.10. The van der Waals surface area contributed by atoms with E-state index in [0.717, 1.165) is 0 Å². The summed E-state index contributed by atoms with van der Waals surface area (Å²) in [4.78, 5) is 15.5. The predicted molar refractivity (Wildman–Crippen MR) is 52.6 cm³/mol. The molecule has 0 aliphatic carbocycles. The summed E-state index contributed by atoms with van der Waals surface area (Å²) in [5.41, 5.74) is -0.159. The molecule has 0 bridgehead atoms. The molecule has 1 atom stereocenters. The van der Waals surface area contributed by atoms with E-state index in [2.05, 4.69) is 20.9 Å². The van der Waals surface area contributed by atoms with E-state index in [-0.39, 0.29) is 12.1 Å². The van der Waals surface area contributed by atoms with Crippen LogP contribution in [0, 0.1) is 6.92 Å². The SMILES string of the molecule is Cc1ncc(Br)c(=O)n1CC(C)O. The van der Waals surface area contributed by atoms with Crippen LogP contribution >= 0.6 is 15.9 Å². The summed E-state index contributed by atoms with van der Waals surface area (Å²) in [5.74, 6) is 0.606. The lowest BCUT2D eigenvalue weighted by molar-refractivity contribution is 0.170. The lowest BCUT2D eigenvalue weighted by Crippen LogP contribution is -2.28. The van der Waals surface area contributed by atoms with Crippen LogP contribution in [0.3, 0.4) is 0 Å². The van der Waals surface area contributed by atoms with Gasteiger partial charge in [-0.15, -0.1) is 0 Å². The Labute approximate surface area is 84.4 Å². The van der Waals surface area contributed by atoms with E-state index in [1.165, 1.54) is 10.8 Å². The Bertz CT molecular complexity index is 360. The van der Waals surface area contributed by atoms with Crippen molar-refractivity contribution in [3.05, 3.63) is 26.8 Å². The summed E-state index contributed by atoms with van der Waals surface area (Å²) in [6.45, 7) is 3.64. The summed E-state index contributed by atoms with van der Waals surface area (Å²) >= 11 is 3.09. The van der Waals surface area contributed by atoms with Crippen LogP contribution in [0.15, 0.2) is 15.5 Å². The highest BCUT2D eigenvalue weighted by atomic mass is 79.9. The molecular weight excluding hydrogens is 236 g/mol. The fourth-order valence-corrected chi connectivity index (χ4v) is 1.35. The Morgan fingerprint density at radius 3 is 2.92 bits per heavy atom.